The van der Waals surface area contributed by atoms with Crippen LogP contribution in [0.1, 0.15) is 6.42 Å². The monoisotopic (exact) mass is 243 g/mol. The zero-order chi connectivity index (χ0) is 13.1. The average molecular weight is 243 g/mol. The van der Waals surface area contributed by atoms with E-state index >= 15 is 0 Å². The number of carbonyl (C=O) groups is 1. The molecule has 0 fully saturated rings. The van der Waals surface area contributed by atoms with Gasteiger partial charge in [-0.2, -0.15) is 0 Å². The second-order valence-corrected chi connectivity index (χ2v) is 4.43. The van der Waals surface area contributed by atoms with E-state index in [2.05, 4.69) is 0 Å². The van der Waals surface area contributed by atoms with Gasteiger partial charge >= 0.3 is 0 Å². The van der Waals surface area contributed by atoms with E-state index in [9.17, 15) is 4.79 Å². The van der Waals surface area contributed by atoms with E-state index in [4.69, 9.17) is 5.73 Å². The highest BCUT2D eigenvalue weighted by Gasteiger charge is 2.11. The summed E-state index contributed by atoms with van der Waals surface area (Å²) in [4.78, 5) is 15.1. The normalized spacial score (nSPS) is 14.3. The molecule has 0 saturated carbocycles. The number of rotatable bonds is 3. The Labute approximate surface area is 107 Å². The number of primary amides is 1. The molecule has 1 heterocycles. The number of allylic oxidation sites excluding steroid dienone is 1. The number of hydrogen-bond donors (Lipinski definition) is 1. The smallest absolute Gasteiger partial charge is 0.246 e. The Hall–Kier alpha value is -2.23. The molecule has 0 aromatic heterocycles. The number of hydrogen-bond acceptors (Lipinski definition) is 3. The summed E-state index contributed by atoms with van der Waals surface area (Å²) in [6.07, 6.45) is 6.26. The van der Waals surface area contributed by atoms with E-state index in [1.54, 1.807) is 6.20 Å². The van der Waals surface area contributed by atoms with Crippen molar-refractivity contribution in [3.8, 4) is 0 Å². The van der Waals surface area contributed by atoms with Crippen LogP contribution in [0.3, 0.4) is 0 Å². The third kappa shape index (κ3) is 2.53. The predicted octanol–water partition coefficient (Wildman–Crippen LogP) is 1.85. The van der Waals surface area contributed by atoms with Crippen molar-refractivity contribution in [3.63, 3.8) is 0 Å². The molecule has 0 radical (unpaired) electrons. The minimum absolute atomic E-state index is 0.366. The molecule has 1 aromatic carbocycles. The first-order valence-corrected chi connectivity index (χ1v) is 5.81. The molecule has 1 amide bonds. The van der Waals surface area contributed by atoms with Crippen LogP contribution in [0.5, 0.6) is 0 Å². The van der Waals surface area contributed by atoms with Crippen molar-refractivity contribution in [2.75, 3.05) is 23.9 Å². The largest absolute Gasteiger partial charge is 0.378 e. The lowest BCUT2D eigenvalue weighted by molar-refractivity contribution is -0.114. The minimum atomic E-state index is -0.366. The Morgan fingerprint density at radius 1 is 1.28 bits per heavy atom. The molecule has 0 aliphatic carbocycles. The van der Waals surface area contributed by atoms with Gasteiger partial charge in [-0.25, -0.2) is 0 Å². The molecule has 18 heavy (non-hydrogen) atoms. The van der Waals surface area contributed by atoms with Crippen LogP contribution < -0.4 is 15.5 Å². The zero-order valence-electron chi connectivity index (χ0n) is 10.6. The van der Waals surface area contributed by atoms with Crippen molar-refractivity contribution < 1.29 is 4.79 Å². The summed E-state index contributed by atoms with van der Waals surface area (Å²) < 4.78 is 0. The first-order chi connectivity index (χ1) is 8.58. The summed E-state index contributed by atoms with van der Waals surface area (Å²) in [6, 6.07) is 8.10. The lowest BCUT2D eigenvalue weighted by Gasteiger charge is -2.21. The van der Waals surface area contributed by atoms with Gasteiger partial charge in [0.25, 0.3) is 0 Å². The summed E-state index contributed by atoms with van der Waals surface area (Å²) in [5.74, 6) is -0.366. The van der Waals surface area contributed by atoms with Crippen LogP contribution in [0.4, 0.5) is 11.4 Å². The topological polar surface area (TPSA) is 49.6 Å². The van der Waals surface area contributed by atoms with Gasteiger partial charge < -0.3 is 15.5 Å². The van der Waals surface area contributed by atoms with E-state index in [1.165, 1.54) is 0 Å². The maximum atomic E-state index is 11.2. The molecule has 1 aliphatic rings. The predicted molar refractivity (Wildman–Crippen MR) is 74.3 cm³/mol. The molecule has 0 unspecified atom stereocenters. The average Bonchev–Trinajstić information content (AvgIpc) is 2.39. The highest BCUT2D eigenvalue weighted by molar-refractivity contribution is 5.93. The Morgan fingerprint density at radius 2 is 1.94 bits per heavy atom. The van der Waals surface area contributed by atoms with Gasteiger partial charge in [0.2, 0.25) is 5.91 Å². The Balaban J connectivity index is 2.23. The van der Waals surface area contributed by atoms with E-state index in [0.29, 0.717) is 12.0 Å². The summed E-state index contributed by atoms with van der Waals surface area (Å²) in [7, 11) is 4.00. The van der Waals surface area contributed by atoms with Crippen LogP contribution >= 0.6 is 0 Å². The molecule has 0 bridgehead atoms. The van der Waals surface area contributed by atoms with Crippen molar-refractivity contribution in [2.45, 2.75) is 6.42 Å². The first kappa shape index (κ1) is 12.2. The molecule has 0 atom stereocenters. The molecule has 1 aromatic rings. The van der Waals surface area contributed by atoms with E-state index in [1.807, 2.05) is 60.4 Å². The van der Waals surface area contributed by atoms with Crippen LogP contribution in [-0.4, -0.2) is 20.0 Å². The number of amides is 1. The Morgan fingerprint density at radius 3 is 2.50 bits per heavy atom. The third-order valence-electron chi connectivity index (χ3n) is 2.88. The van der Waals surface area contributed by atoms with Crippen LogP contribution in [0.2, 0.25) is 0 Å². The molecular formula is C14H17N3O. The van der Waals surface area contributed by atoms with Gasteiger partial charge in [-0.1, -0.05) is 6.08 Å². The fourth-order valence-corrected chi connectivity index (χ4v) is 1.80. The summed E-state index contributed by atoms with van der Waals surface area (Å²) in [5.41, 5.74) is 8.06. The van der Waals surface area contributed by atoms with Crippen LogP contribution in [0, 0.1) is 0 Å². The molecule has 2 N–H and O–H groups in total. The highest BCUT2D eigenvalue weighted by Crippen LogP contribution is 2.23. The van der Waals surface area contributed by atoms with Gasteiger partial charge in [0, 0.05) is 43.4 Å². The molecule has 94 valence electrons. The van der Waals surface area contributed by atoms with Gasteiger partial charge in [0.15, 0.2) is 0 Å². The van der Waals surface area contributed by atoms with E-state index < -0.39 is 0 Å². The fraction of sp³-hybridized carbons (Fsp3) is 0.214. The molecule has 2 rings (SSSR count). The molecule has 4 heteroatoms. The maximum absolute atomic E-state index is 11.2. The molecule has 4 nitrogen and oxygen atoms in total. The minimum Gasteiger partial charge on any atom is -0.378 e. The van der Waals surface area contributed by atoms with Crippen LogP contribution in [0.25, 0.3) is 0 Å². The second kappa shape index (κ2) is 4.96. The molecule has 1 aliphatic heterocycles. The van der Waals surface area contributed by atoms with E-state index in [-0.39, 0.29) is 5.91 Å². The third-order valence-corrected chi connectivity index (χ3v) is 2.88. The maximum Gasteiger partial charge on any atom is 0.246 e. The van der Waals surface area contributed by atoms with Crippen LogP contribution in [-0.2, 0) is 4.79 Å². The molecular weight excluding hydrogens is 226 g/mol. The SMILES string of the molecule is CN(C)c1ccc(N2C=CCC(C(N)=O)=C2)cc1. The van der Waals surface area contributed by atoms with E-state index in [0.717, 1.165) is 11.4 Å². The van der Waals surface area contributed by atoms with Crippen LogP contribution in [0.15, 0.2) is 48.3 Å². The van der Waals surface area contributed by atoms with Gasteiger partial charge in [-0.3, -0.25) is 4.79 Å². The van der Waals surface area contributed by atoms with Gasteiger partial charge in [-0.05, 0) is 30.7 Å². The number of nitrogens with two attached hydrogens (primary N) is 1. The summed E-state index contributed by atoms with van der Waals surface area (Å²) in [6.45, 7) is 0. The lowest BCUT2D eigenvalue weighted by atomic mass is 10.1. The number of benzene rings is 1. The number of anilines is 2. The summed E-state index contributed by atoms with van der Waals surface area (Å²) in [5, 5.41) is 0. The molecule has 0 spiro atoms. The fourth-order valence-electron chi connectivity index (χ4n) is 1.80. The second-order valence-electron chi connectivity index (χ2n) is 4.43. The van der Waals surface area contributed by atoms with Crippen molar-refractivity contribution in [1.29, 1.82) is 0 Å². The molecule has 0 saturated heterocycles. The summed E-state index contributed by atoms with van der Waals surface area (Å²) >= 11 is 0. The first-order valence-electron chi connectivity index (χ1n) is 5.81. The number of carbonyl (C=O) groups excluding carboxylic acids is 1. The van der Waals surface area contributed by atoms with Gasteiger partial charge in [0.1, 0.15) is 0 Å². The number of nitrogens with zero attached hydrogens (tertiary/aromatic N) is 2. The quantitative estimate of drug-likeness (QED) is 0.881. The van der Waals surface area contributed by atoms with Gasteiger partial charge in [-0.15, -0.1) is 0 Å². The Kier molecular flexibility index (Phi) is 3.37. The van der Waals surface area contributed by atoms with Crippen molar-refractivity contribution >= 4 is 17.3 Å². The van der Waals surface area contributed by atoms with Crippen molar-refractivity contribution in [3.05, 3.63) is 48.3 Å². The highest BCUT2D eigenvalue weighted by atomic mass is 16.1. The van der Waals surface area contributed by atoms with Gasteiger partial charge in [0.05, 0.1) is 0 Å². The standard InChI is InChI=1S/C14H17N3O/c1-16(2)12-5-7-13(8-6-12)17-9-3-4-11(10-17)14(15)18/h3,5-10H,4H2,1-2H3,(H2,15,18). The lowest BCUT2D eigenvalue weighted by Crippen LogP contribution is -2.20. The van der Waals surface area contributed by atoms with Crippen molar-refractivity contribution in [1.82, 2.24) is 0 Å². The zero-order valence-corrected chi connectivity index (χ0v) is 10.6. The Bertz CT molecular complexity index is 500. The van der Waals surface area contributed by atoms with Crippen molar-refractivity contribution in [2.24, 2.45) is 5.73 Å².